The van der Waals surface area contributed by atoms with Crippen LogP contribution < -0.4 is 10.6 Å². The lowest BCUT2D eigenvalue weighted by Crippen LogP contribution is -2.56. The Bertz CT molecular complexity index is 1310. The van der Waals surface area contributed by atoms with Crippen LogP contribution in [0.3, 0.4) is 0 Å². The Balaban J connectivity index is 1.34. The molecule has 0 saturated heterocycles. The van der Waals surface area contributed by atoms with Crippen LogP contribution in [0.15, 0.2) is 48.5 Å². The van der Waals surface area contributed by atoms with Crippen molar-refractivity contribution in [3.63, 3.8) is 0 Å². The number of aromatic nitrogens is 1. The predicted octanol–water partition coefficient (Wildman–Crippen LogP) is 3.20. The summed E-state index contributed by atoms with van der Waals surface area (Å²) < 4.78 is 0. The van der Waals surface area contributed by atoms with E-state index in [-0.39, 0.29) is 29.8 Å². The standard InChI is InChI=1S/C27H28N4O3/c1-15(25(32)29-16-8-2-3-9-16)28-26(33)22-14-20-17-10-6-7-13-21(17)30-23(20)24-18-11-4-5-12-19(18)27(34)31(22)24/h4-7,10-13,15-16,22,24,30H,2-3,8-9,14H2,1H3,(H,28,33)(H,29,32)/t15-,22-,24+/m0/s1. The minimum absolute atomic E-state index is 0.145. The van der Waals surface area contributed by atoms with Crippen LogP contribution in [-0.4, -0.2) is 45.7 Å². The highest BCUT2D eigenvalue weighted by Gasteiger charge is 2.49. The highest BCUT2D eigenvalue weighted by Crippen LogP contribution is 2.46. The van der Waals surface area contributed by atoms with Crippen LogP contribution in [0.25, 0.3) is 10.9 Å². The number of benzene rings is 2. The molecule has 0 spiro atoms. The van der Waals surface area contributed by atoms with Gasteiger partial charge >= 0.3 is 0 Å². The summed E-state index contributed by atoms with van der Waals surface area (Å²) in [6, 6.07) is 14.1. The van der Waals surface area contributed by atoms with Crippen LogP contribution in [0, 0.1) is 0 Å². The summed E-state index contributed by atoms with van der Waals surface area (Å²) in [7, 11) is 0. The van der Waals surface area contributed by atoms with Crippen molar-refractivity contribution in [2.75, 3.05) is 0 Å². The molecule has 3 aliphatic rings. The van der Waals surface area contributed by atoms with Crippen LogP contribution >= 0.6 is 0 Å². The zero-order chi connectivity index (χ0) is 23.4. The zero-order valence-electron chi connectivity index (χ0n) is 19.1. The number of aromatic amines is 1. The van der Waals surface area contributed by atoms with Gasteiger partial charge in [-0.1, -0.05) is 49.2 Å². The second-order valence-corrected chi connectivity index (χ2v) is 9.71. The lowest BCUT2D eigenvalue weighted by atomic mass is 9.90. The first-order chi connectivity index (χ1) is 16.5. The molecule has 1 saturated carbocycles. The van der Waals surface area contributed by atoms with Gasteiger partial charge in [-0.2, -0.15) is 0 Å². The lowest BCUT2D eigenvalue weighted by Gasteiger charge is -2.37. The van der Waals surface area contributed by atoms with Crippen LogP contribution in [-0.2, 0) is 16.0 Å². The second-order valence-electron chi connectivity index (χ2n) is 9.71. The van der Waals surface area contributed by atoms with E-state index in [2.05, 4.69) is 21.7 Å². The van der Waals surface area contributed by atoms with Crippen molar-refractivity contribution in [3.05, 3.63) is 70.9 Å². The van der Waals surface area contributed by atoms with Gasteiger partial charge in [-0.05, 0) is 43.0 Å². The molecule has 3 heterocycles. The van der Waals surface area contributed by atoms with Crippen LogP contribution in [0.5, 0.6) is 0 Å². The van der Waals surface area contributed by atoms with E-state index in [0.717, 1.165) is 53.4 Å². The molecule has 2 aliphatic heterocycles. The maximum atomic E-state index is 13.6. The SMILES string of the molecule is C[C@H](NC(=O)[C@@H]1Cc2c([nH]c3ccccc23)[C@H]2c3ccccc3C(=O)N21)C(=O)NC1CCCC1. The Morgan fingerprint density at radius 2 is 1.79 bits per heavy atom. The molecule has 0 unspecified atom stereocenters. The maximum Gasteiger partial charge on any atom is 0.255 e. The van der Waals surface area contributed by atoms with E-state index in [1.807, 2.05) is 42.5 Å². The fraction of sp³-hybridized carbons (Fsp3) is 0.370. The molecule has 1 aromatic heterocycles. The van der Waals surface area contributed by atoms with Crippen molar-refractivity contribution in [2.24, 2.45) is 0 Å². The predicted molar refractivity (Wildman–Crippen MR) is 128 cm³/mol. The van der Waals surface area contributed by atoms with Gasteiger partial charge in [0.15, 0.2) is 0 Å². The smallest absolute Gasteiger partial charge is 0.255 e. The number of amides is 3. The fourth-order valence-corrected chi connectivity index (χ4v) is 5.91. The molecule has 3 amide bonds. The van der Waals surface area contributed by atoms with Gasteiger partial charge in [0.1, 0.15) is 12.1 Å². The van der Waals surface area contributed by atoms with Crippen molar-refractivity contribution in [1.82, 2.24) is 20.5 Å². The summed E-state index contributed by atoms with van der Waals surface area (Å²) in [6.07, 6.45) is 4.62. The van der Waals surface area contributed by atoms with Gasteiger partial charge in [0.05, 0.1) is 6.04 Å². The first-order valence-electron chi connectivity index (χ1n) is 12.1. The Morgan fingerprint density at radius 3 is 2.62 bits per heavy atom. The number of hydrogen-bond acceptors (Lipinski definition) is 3. The molecule has 7 heteroatoms. The highest BCUT2D eigenvalue weighted by atomic mass is 16.2. The van der Waals surface area contributed by atoms with Crippen molar-refractivity contribution < 1.29 is 14.4 Å². The average molecular weight is 457 g/mol. The third-order valence-electron chi connectivity index (χ3n) is 7.61. The molecular formula is C27H28N4O3. The quantitative estimate of drug-likeness (QED) is 0.563. The number of H-pyrrole nitrogens is 1. The van der Waals surface area contributed by atoms with Crippen LogP contribution in [0.1, 0.15) is 65.8 Å². The highest BCUT2D eigenvalue weighted by molar-refractivity contribution is 6.04. The normalized spacial score (nSPS) is 22.3. The Labute approximate surface area is 197 Å². The minimum Gasteiger partial charge on any atom is -0.356 e. The summed E-state index contributed by atoms with van der Waals surface area (Å²) in [6.45, 7) is 1.71. The minimum atomic E-state index is -0.696. The summed E-state index contributed by atoms with van der Waals surface area (Å²) >= 11 is 0. The molecule has 174 valence electrons. The molecule has 0 bridgehead atoms. The molecule has 6 rings (SSSR count). The van der Waals surface area contributed by atoms with Crippen molar-refractivity contribution >= 4 is 28.6 Å². The van der Waals surface area contributed by atoms with E-state index in [1.54, 1.807) is 11.8 Å². The first kappa shape index (κ1) is 21.0. The van der Waals surface area contributed by atoms with Gasteiger partial charge < -0.3 is 20.5 Å². The van der Waals surface area contributed by atoms with Gasteiger partial charge in [-0.3, -0.25) is 14.4 Å². The van der Waals surface area contributed by atoms with Crippen molar-refractivity contribution in [1.29, 1.82) is 0 Å². The largest absolute Gasteiger partial charge is 0.356 e. The molecular weight excluding hydrogens is 428 g/mol. The van der Waals surface area contributed by atoms with Gasteiger partial charge in [-0.25, -0.2) is 0 Å². The Hall–Kier alpha value is -3.61. The number of carbonyl (C=O) groups excluding carboxylic acids is 3. The van der Waals surface area contributed by atoms with Gasteiger partial charge in [0, 0.05) is 34.6 Å². The van der Waals surface area contributed by atoms with Crippen LogP contribution in [0.4, 0.5) is 0 Å². The maximum absolute atomic E-state index is 13.6. The van der Waals surface area contributed by atoms with E-state index in [0.29, 0.717) is 12.0 Å². The number of nitrogens with one attached hydrogen (secondary N) is 3. The van der Waals surface area contributed by atoms with E-state index < -0.39 is 12.1 Å². The number of carbonyl (C=O) groups is 3. The topological polar surface area (TPSA) is 94.3 Å². The summed E-state index contributed by atoms with van der Waals surface area (Å²) in [5.74, 6) is -0.610. The molecule has 34 heavy (non-hydrogen) atoms. The number of fused-ring (bicyclic) bond motifs is 7. The molecule has 0 radical (unpaired) electrons. The number of rotatable bonds is 4. The van der Waals surface area contributed by atoms with Crippen molar-refractivity contribution in [2.45, 2.75) is 63.2 Å². The Kier molecular flexibility index (Phi) is 4.94. The second kappa shape index (κ2) is 8.01. The summed E-state index contributed by atoms with van der Waals surface area (Å²) in [4.78, 5) is 45.0. The van der Waals surface area contributed by atoms with Gasteiger partial charge in [0.2, 0.25) is 11.8 Å². The van der Waals surface area contributed by atoms with E-state index in [4.69, 9.17) is 0 Å². The summed E-state index contributed by atoms with van der Waals surface area (Å²) in [5, 5.41) is 7.02. The molecule has 3 aromatic rings. The van der Waals surface area contributed by atoms with Gasteiger partial charge in [0.25, 0.3) is 5.91 Å². The van der Waals surface area contributed by atoms with Crippen molar-refractivity contribution in [3.8, 4) is 0 Å². The molecule has 3 atom stereocenters. The third kappa shape index (κ3) is 3.22. The average Bonchev–Trinajstić information content (AvgIpc) is 3.56. The number of hydrogen-bond donors (Lipinski definition) is 3. The first-order valence-corrected chi connectivity index (χ1v) is 12.1. The molecule has 2 aromatic carbocycles. The Morgan fingerprint density at radius 1 is 1.06 bits per heavy atom. The molecule has 3 N–H and O–H groups in total. The van der Waals surface area contributed by atoms with E-state index in [9.17, 15) is 14.4 Å². The van der Waals surface area contributed by atoms with Crippen LogP contribution in [0.2, 0.25) is 0 Å². The monoisotopic (exact) mass is 456 g/mol. The molecule has 7 nitrogen and oxygen atoms in total. The van der Waals surface area contributed by atoms with E-state index in [1.165, 1.54) is 0 Å². The third-order valence-corrected chi connectivity index (χ3v) is 7.61. The molecule has 1 fully saturated rings. The molecule has 1 aliphatic carbocycles. The zero-order valence-corrected chi connectivity index (χ0v) is 19.1. The summed E-state index contributed by atoms with van der Waals surface area (Å²) in [5.41, 5.74) is 4.56. The lowest BCUT2D eigenvalue weighted by molar-refractivity contribution is -0.131. The fourth-order valence-electron chi connectivity index (χ4n) is 5.91. The van der Waals surface area contributed by atoms with E-state index >= 15 is 0 Å². The number of nitrogens with zero attached hydrogens (tertiary/aromatic N) is 1. The number of para-hydroxylation sites is 1. The van der Waals surface area contributed by atoms with Gasteiger partial charge in [-0.15, -0.1) is 0 Å².